The molecule has 0 saturated carbocycles. The van der Waals surface area contributed by atoms with E-state index in [2.05, 4.69) is 13.2 Å². The molecule has 2 atom stereocenters. The van der Waals surface area contributed by atoms with Gasteiger partial charge in [0.2, 0.25) is 10.2 Å². The molecule has 2 nitrogen and oxygen atoms in total. The average Bonchev–Trinajstić information content (AvgIpc) is 2.16. The second-order valence-corrected chi connectivity index (χ2v) is 7.53. The van der Waals surface area contributed by atoms with Gasteiger partial charge in [-0.2, -0.15) is 0 Å². The molecule has 0 aliphatic rings. The Morgan fingerprint density at radius 1 is 1.00 bits per heavy atom. The zero-order valence-corrected chi connectivity index (χ0v) is 11.2. The van der Waals surface area contributed by atoms with E-state index in [1.54, 1.807) is 11.8 Å². The van der Waals surface area contributed by atoms with Crippen LogP contribution in [0.25, 0.3) is 0 Å². The number of hydrogen-bond donors (Lipinski definition) is 0. The summed E-state index contributed by atoms with van der Waals surface area (Å²) in [5, 5.41) is -0.0792. The minimum atomic E-state index is -0.0396. The Bertz CT molecular complexity index is 237. The van der Waals surface area contributed by atoms with Crippen LogP contribution < -0.4 is 0 Å². The van der Waals surface area contributed by atoms with E-state index < -0.39 is 0 Å². The Hall–Kier alpha value is -0.130. The molecule has 0 aliphatic carbocycles. The zero-order chi connectivity index (χ0) is 11.8. The van der Waals surface area contributed by atoms with E-state index in [1.807, 2.05) is 13.8 Å². The summed E-state index contributed by atoms with van der Waals surface area (Å²) in [6.07, 6.45) is 2.60. The molecule has 84 valence electrons. The lowest BCUT2D eigenvalue weighted by atomic mass is 10.7. The predicted molar refractivity (Wildman–Crippen MR) is 72.1 cm³/mol. The van der Waals surface area contributed by atoms with Gasteiger partial charge in [0, 0.05) is 0 Å². The highest BCUT2D eigenvalue weighted by Crippen LogP contribution is 2.33. The van der Waals surface area contributed by atoms with Crippen LogP contribution in [0.15, 0.2) is 25.3 Å². The molecule has 0 radical (unpaired) electrons. The van der Waals surface area contributed by atoms with Gasteiger partial charge in [0.15, 0.2) is 0 Å². The van der Waals surface area contributed by atoms with Gasteiger partial charge < -0.3 is 0 Å². The van der Waals surface area contributed by atoms with Crippen molar-refractivity contribution in [1.82, 2.24) is 0 Å². The highest BCUT2D eigenvalue weighted by Gasteiger charge is 2.14. The van der Waals surface area contributed by atoms with Crippen molar-refractivity contribution < 1.29 is 9.59 Å². The fourth-order valence-corrected chi connectivity index (χ4v) is 4.36. The smallest absolute Gasteiger partial charge is 0.212 e. The first-order valence-corrected chi connectivity index (χ1v) is 7.01. The maximum absolute atomic E-state index is 11.0. The molecule has 0 aromatic rings. The molecule has 0 rings (SSSR count). The molecular weight excluding hydrogens is 248 g/mol. The summed E-state index contributed by atoms with van der Waals surface area (Å²) < 4.78 is 0.242. The van der Waals surface area contributed by atoms with E-state index in [0.717, 1.165) is 0 Å². The molecular formula is C10H14O2S3. The Balaban J connectivity index is 3.89. The van der Waals surface area contributed by atoms with Crippen LogP contribution in [-0.2, 0) is 9.59 Å². The van der Waals surface area contributed by atoms with Gasteiger partial charge >= 0.3 is 0 Å². The lowest BCUT2D eigenvalue weighted by Gasteiger charge is -2.13. The molecule has 0 saturated heterocycles. The largest absolute Gasteiger partial charge is 0.282 e. The molecule has 2 unspecified atom stereocenters. The second kappa shape index (κ2) is 8.07. The number of rotatable bonds is 6. The maximum atomic E-state index is 11.0. The molecule has 5 heteroatoms. The number of thioether (sulfide) groups is 3. The first kappa shape index (κ1) is 14.9. The van der Waals surface area contributed by atoms with Crippen LogP contribution in [0, 0.1) is 0 Å². The summed E-state index contributed by atoms with van der Waals surface area (Å²) in [6, 6.07) is 0. The van der Waals surface area contributed by atoms with E-state index in [0.29, 0.717) is 0 Å². The Morgan fingerprint density at radius 3 is 1.60 bits per heavy atom. The third-order valence-corrected chi connectivity index (χ3v) is 4.75. The number of carbonyl (C=O) groups excluding carboxylic acids is 2. The van der Waals surface area contributed by atoms with Crippen molar-refractivity contribution in [2.75, 3.05) is 0 Å². The van der Waals surface area contributed by atoms with Crippen LogP contribution >= 0.6 is 35.3 Å². The van der Waals surface area contributed by atoms with E-state index in [9.17, 15) is 9.59 Å². The normalized spacial score (nSPS) is 14.0. The number of carbonyl (C=O) groups is 2. The fourth-order valence-electron chi connectivity index (χ4n) is 0.749. The van der Waals surface area contributed by atoms with Gasteiger partial charge in [-0.15, -0.1) is 11.8 Å². The fraction of sp³-hybridized carbons (Fsp3) is 0.400. The van der Waals surface area contributed by atoms with Gasteiger partial charge in [-0.05, 0) is 26.0 Å². The monoisotopic (exact) mass is 262 g/mol. The van der Waals surface area contributed by atoms with E-state index >= 15 is 0 Å². The SMILES string of the molecule is C=CC(=O)SC(C)SC(C)SC(=O)C=C. The summed E-state index contributed by atoms with van der Waals surface area (Å²) >= 11 is 4.01. The van der Waals surface area contributed by atoms with Crippen molar-refractivity contribution in [3.8, 4) is 0 Å². The molecule has 0 N–H and O–H groups in total. The lowest BCUT2D eigenvalue weighted by Crippen LogP contribution is -2.02. The first-order valence-electron chi connectivity index (χ1n) is 4.31. The summed E-state index contributed by atoms with van der Waals surface area (Å²) in [6.45, 7) is 10.7. The Labute approximate surface area is 103 Å². The Kier molecular flexibility index (Phi) is 8.00. The van der Waals surface area contributed by atoms with E-state index in [1.165, 1.54) is 35.7 Å². The van der Waals surface area contributed by atoms with Crippen LogP contribution in [0.3, 0.4) is 0 Å². The van der Waals surface area contributed by atoms with Gasteiger partial charge in [0.05, 0.1) is 9.16 Å². The van der Waals surface area contributed by atoms with Gasteiger partial charge in [-0.25, -0.2) is 0 Å². The Morgan fingerprint density at radius 2 is 1.33 bits per heavy atom. The molecule has 0 fully saturated rings. The summed E-state index contributed by atoms with van der Waals surface area (Å²) in [5.41, 5.74) is 0. The van der Waals surface area contributed by atoms with Crippen molar-refractivity contribution in [1.29, 1.82) is 0 Å². The van der Waals surface area contributed by atoms with Gasteiger partial charge in [0.25, 0.3) is 0 Å². The maximum Gasteiger partial charge on any atom is 0.212 e. The number of hydrogen-bond acceptors (Lipinski definition) is 5. The van der Waals surface area contributed by atoms with Crippen LogP contribution in [0.4, 0.5) is 0 Å². The van der Waals surface area contributed by atoms with Crippen molar-refractivity contribution >= 4 is 45.5 Å². The molecule has 0 aromatic heterocycles. The van der Waals surface area contributed by atoms with Crippen LogP contribution in [0.1, 0.15) is 13.8 Å². The van der Waals surface area contributed by atoms with Crippen molar-refractivity contribution in [2.45, 2.75) is 23.0 Å². The molecule has 0 bridgehead atoms. The third kappa shape index (κ3) is 7.76. The van der Waals surface area contributed by atoms with Crippen LogP contribution in [-0.4, -0.2) is 19.4 Å². The minimum absolute atomic E-state index is 0.0396. The van der Waals surface area contributed by atoms with Crippen LogP contribution in [0.2, 0.25) is 0 Å². The van der Waals surface area contributed by atoms with Gasteiger partial charge in [-0.1, -0.05) is 36.7 Å². The van der Waals surface area contributed by atoms with Crippen LogP contribution in [0.5, 0.6) is 0 Å². The van der Waals surface area contributed by atoms with E-state index in [4.69, 9.17) is 0 Å². The van der Waals surface area contributed by atoms with Crippen molar-refractivity contribution in [2.24, 2.45) is 0 Å². The predicted octanol–water partition coefficient (Wildman–Crippen LogP) is 3.30. The molecule has 0 aliphatic heterocycles. The standard InChI is InChI=1S/C10H14O2S3/c1-5-9(11)14-7(3)13-8(4)15-10(12)6-2/h5-8H,1-2H2,3-4H3. The topological polar surface area (TPSA) is 34.1 Å². The zero-order valence-electron chi connectivity index (χ0n) is 8.76. The highest BCUT2D eigenvalue weighted by molar-refractivity contribution is 8.31. The van der Waals surface area contributed by atoms with E-state index in [-0.39, 0.29) is 19.4 Å². The quantitative estimate of drug-likeness (QED) is 0.542. The van der Waals surface area contributed by atoms with Crippen molar-refractivity contribution in [3.05, 3.63) is 25.3 Å². The highest BCUT2D eigenvalue weighted by atomic mass is 32.2. The summed E-state index contributed by atoms with van der Waals surface area (Å²) in [5.74, 6) is 0. The average molecular weight is 262 g/mol. The molecule has 0 spiro atoms. The molecule has 0 amide bonds. The minimum Gasteiger partial charge on any atom is -0.282 e. The summed E-state index contributed by atoms with van der Waals surface area (Å²) in [4.78, 5) is 22.0. The second-order valence-electron chi connectivity index (χ2n) is 2.55. The summed E-state index contributed by atoms with van der Waals surface area (Å²) in [7, 11) is 0. The van der Waals surface area contributed by atoms with Gasteiger partial charge in [0.1, 0.15) is 0 Å². The molecule has 0 heterocycles. The van der Waals surface area contributed by atoms with Gasteiger partial charge in [-0.3, -0.25) is 9.59 Å². The molecule has 0 aromatic carbocycles. The first-order chi connectivity index (χ1) is 6.99. The third-order valence-electron chi connectivity index (χ3n) is 1.28. The molecule has 15 heavy (non-hydrogen) atoms. The van der Waals surface area contributed by atoms with Crippen molar-refractivity contribution in [3.63, 3.8) is 0 Å². The lowest BCUT2D eigenvalue weighted by molar-refractivity contribution is -0.107.